The van der Waals surface area contributed by atoms with E-state index in [0.29, 0.717) is 5.75 Å². The van der Waals surface area contributed by atoms with E-state index in [4.69, 9.17) is 9.15 Å². The first-order valence-electron chi connectivity index (χ1n) is 5.25. The Morgan fingerprint density at radius 2 is 2.24 bits per heavy atom. The molecule has 2 aromatic rings. The van der Waals surface area contributed by atoms with Crippen LogP contribution < -0.4 is 4.74 Å². The van der Waals surface area contributed by atoms with Gasteiger partial charge in [0.1, 0.15) is 5.75 Å². The predicted octanol–water partition coefficient (Wildman–Crippen LogP) is 3.82. The summed E-state index contributed by atoms with van der Waals surface area (Å²) in [6, 6.07) is 8.84. The number of hydrogen-bond acceptors (Lipinski definition) is 3. The maximum atomic E-state index is 11.6. The van der Waals surface area contributed by atoms with Gasteiger partial charge >= 0.3 is 5.97 Å². The van der Waals surface area contributed by atoms with Gasteiger partial charge in [0.15, 0.2) is 0 Å². The van der Waals surface area contributed by atoms with E-state index in [1.165, 1.54) is 11.8 Å². The van der Waals surface area contributed by atoms with Crippen LogP contribution in [0.2, 0.25) is 0 Å². The van der Waals surface area contributed by atoms with Gasteiger partial charge in [-0.25, -0.2) is 4.79 Å². The summed E-state index contributed by atoms with van der Waals surface area (Å²) >= 11 is 3.37. The summed E-state index contributed by atoms with van der Waals surface area (Å²) in [5.74, 6) is 0.181. The number of rotatable bonds is 3. The quantitative estimate of drug-likeness (QED) is 0.638. The van der Waals surface area contributed by atoms with E-state index in [9.17, 15) is 4.79 Å². The van der Waals surface area contributed by atoms with Crippen molar-refractivity contribution in [1.29, 1.82) is 0 Å². The molecule has 0 aliphatic carbocycles. The molecule has 2 rings (SSSR count). The molecule has 0 spiro atoms. The van der Waals surface area contributed by atoms with Gasteiger partial charge in [-0.05, 0) is 52.2 Å². The monoisotopic (exact) mass is 294 g/mol. The lowest BCUT2D eigenvalue weighted by atomic mass is 10.2. The fourth-order valence-corrected chi connectivity index (χ4v) is 1.90. The number of furan rings is 1. The second kappa shape index (κ2) is 5.19. The number of esters is 1. The number of carbonyl (C=O) groups excluding carboxylic acids is 1. The Morgan fingerprint density at radius 3 is 2.82 bits per heavy atom. The molecule has 17 heavy (non-hydrogen) atoms. The fraction of sp³-hybridized carbons (Fsp3) is 0.154. The number of benzene rings is 1. The molecule has 0 atom stereocenters. The molecule has 1 heterocycles. The van der Waals surface area contributed by atoms with Gasteiger partial charge in [-0.2, -0.15) is 0 Å². The first-order chi connectivity index (χ1) is 8.20. The normalized spacial score (nSPS) is 10.2. The summed E-state index contributed by atoms with van der Waals surface area (Å²) in [7, 11) is 0. The first-order valence-corrected chi connectivity index (χ1v) is 6.04. The van der Waals surface area contributed by atoms with Gasteiger partial charge in [0.2, 0.25) is 5.76 Å². The molecule has 0 unspecified atom stereocenters. The highest BCUT2D eigenvalue weighted by molar-refractivity contribution is 9.10. The molecule has 0 saturated carbocycles. The van der Waals surface area contributed by atoms with Crippen LogP contribution in [0, 0.1) is 0 Å². The van der Waals surface area contributed by atoms with Gasteiger partial charge in [-0.15, -0.1) is 0 Å². The maximum Gasteiger partial charge on any atom is 0.379 e. The molecule has 0 saturated heterocycles. The predicted molar refractivity (Wildman–Crippen MR) is 67.2 cm³/mol. The molecule has 0 bridgehead atoms. The van der Waals surface area contributed by atoms with Gasteiger partial charge in [0.25, 0.3) is 0 Å². The van der Waals surface area contributed by atoms with Crippen molar-refractivity contribution in [2.24, 2.45) is 0 Å². The Balaban J connectivity index is 2.16. The Bertz CT molecular complexity index is 517. The maximum absolute atomic E-state index is 11.6. The van der Waals surface area contributed by atoms with Crippen LogP contribution in [-0.2, 0) is 6.42 Å². The third-order valence-corrected chi connectivity index (χ3v) is 2.95. The van der Waals surface area contributed by atoms with E-state index in [1.54, 1.807) is 18.2 Å². The van der Waals surface area contributed by atoms with Crippen molar-refractivity contribution in [2.45, 2.75) is 13.3 Å². The molecular formula is C13H11BrO3. The summed E-state index contributed by atoms with van der Waals surface area (Å²) in [4.78, 5) is 11.6. The van der Waals surface area contributed by atoms with Gasteiger partial charge in [-0.1, -0.05) is 13.0 Å². The zero-order valence-corrected chi connectivity index (χ0v) is 10.9. The minimum atomic E-state index is -0.500. The van der Waals surface area contributed by atoms with Crippen LogP contribution >= 0.6 is 15.9 Å². The van der Waals surface area contributed by atoms with E-state index < -0.39 is 5.97 Å². The van der Waals surface area contributed by atoms with Crippen molar-refractivity contribution in [3.63, 3.8) is 0 Å². The van der Waals surface area contributed by atoms with Crippen LogP contribution in [0.1, 0.15) is 23.0 Å². The summed E-state index contributed by atoms with van der Waals surface area (Å²) in [6.07, 6.45) is 2.37. The van der Waals surface area contributed by atoms with Crippen molar-refractivity contribution < 1.29 is 13.9 Å². The summed E-state index contributed by atoms with van der Waals surface area (Å²) in [6.45, 7) is 2.07. The molecule has 0 fully saturated rings. The van der Waals surface area contributed by atoms with Crippen LogP contribution in [0.3, 0.4) is 0 Å². The lowest BCUT2D eigenvalue weighted by Crippen LogP contribution is -2.07. The van der Waals surface area contributed by atoms with E-state index >= 15 is 0 Å². The molecule has 88 valence electrons. The minimum absolute atomic E-state index is 0.191. The second-order valence-corrected chi connectivity index (χ2v) is 4.34. The van der Waals surface area contributed by atoms with Crippen molar-refractivity contribution in [3.05, 3.63) is 52.4 Å². The summed E-state index contributed by atoms with van der Waals surface area (Å²) in [5, 5.41) is 0. The Kier molecular flexibility index (Phi) is 3.64. The molecule has 1 aromatic heterocycles. The van der Waals surface area contributed by atoms with E-state index in [0.717, 1.165) is 10.9 Å². The molecule has 1 aromatic carbocycles. The van der Waals surface area contributed by atoms with E-state index in [-0.39, 0.29) is 5.76 Å². The number of hydrogen-bond donors (Lipinski definition) is 0. The number of aryl methyl sites for hydroxylation is 1. The molecule has 3 nitrogen and oxygen atoms in total. The first kappa shape index (κ1) is 11.9. The highest BCUT2D eigenvalue weighted by Gasteiger charge is 2.13. The molecule has 0 N–H and O–H groups in total. The van der Waals surface area contributed by atoms with E-state index in [2.05, 4.69) is 22.9 Å². The lowest BCUT2D eigenvalue weighted by molar-refractivity contribution is 0.0700. The van der Waals surface area contributed by atoms with Gasteiger partial charge in [0, 0.05) is 0 Å². The number of halogens is 1. The van der Waals surface area contributed by atoms with Gasteiger partial charge < -0.3 is 9.15 Å². The van der Waals surface area contributed by atoms with E-state index in [1.807, 2.05) is 12.1 Å². The zero-order valence-electron chi connectivity index (χ0n) is 9.27. The van der Waals surface area contributed by atoms with Gasteiger partial charge in [0.05, 0.1) is 10.7 Å². The molecule has 0 radical (unpaired) electrons. The van der Waals surface area contributed by atoms with Gasteiger partial charge in [-0.3, -0.25) is 0 Å². The largest absolute Gasteiger partial charge is 0.457 e. The van der Waals surface area contributed by atoms with Crippen molar-refractivity contribution in [1.82, 2.24) is 0 Å². The topological polar surface area (TPSA) is 39.4 Å². The smallest absolute Gasteiger partial charge is 0.379 e. The number of ether oxygens (including phenoxy) is 1. The Morgan fingerprint density at radius 1 is 1.41 bits per heavy atom. The number of carbonyl (C=O) groups is 1. The third-order valence-electron chi connectivity index (χ3n) is 2.33. The molecular weight excluding hydrogens is 284 g/mol. The van der Waals surface area contributed by atoms with Crippen molar-refractivity contribution >= 4 is 21.9 Å². The van der Waals surface area contributed by atoms with Crippen LogP contribution in [0.15, 0.2) is 45.5 Å². The zero-order chi connectivity index (χ0) is 12.3. The highest BCUT2D eigenvalue weighted by atomic mass is 79.9. The Labute approximate surface area is 108 Å². The SMILES string of the molecule is CCc1ccc(OC(=O)c2ccco2)c(Br)c1. The Hall–Kier alpha value is -1.55. The minimum Gasteiger partial charge on any atom is -0.457 e. The summed E-state index contributed by atoms with van der Waals surface area (Å²) in [5.41, 5.74) is 1.18. The molecule has 0 aliphatic heterocycles. The van der Waals surface area contributed by atoms with Crippen molar-refractivity contribution in [3.8, 4) is 5.75 Å². The molecule has 0 amide bonds. The van der Waals surface area contributed by atoms with Crippen LogP contribution in [0.5, 0.6) is 5.75 Å². The average Bonchev–Trinajstić information content (AvgIpc) is 2.85. The average molecular weight is 295 g/mol. The third kappa shape index (κ3) is 2.77. The highest BCUT2D eigenvalue weighted by Crippen LogP contribution is 2.27. The molecule has 4 heteroatoms. The standard InChI is InChI=1S/C13H11BrO3/c1-2-9-5-6-11(10(14)8-9)17-13(15)12-4-3-7-16-12/h3-8H,2H2,1H3. The van der Waals surface area contributed by atoms with Crippen molar-refractivity contribution in [2.75, 3.05) is 0 Å². The fourth-order valence-electron chi connectivity index (χ4n) is 1.39. The molecule has 0 aliphatic rings. The second-order valence-electron chi connectivity index (χ2n) is 3.49. The summed E-state index contributed by atoms with van der Waals surface area (Å²) < 4.78 is 10.9. The van der Waals surface area contributed by atoms with Crippen LogP contribution in [-0.4, -0.2) is 5.97 Å². The van der Waals surface area contributed by atoms with Crippen LogP contribution in [0.25, 0.3) is 0 Å². The van der Waals surface area contributed by atoms with Crippen LogP contribution in [0.4, 0.5) is 0 Å². The lowest BCUT2D eigenvalue weighted by Gasteiger charge is -2.06.